The Morgan fingerprint density at radius 3 is 1.45 bits per heavy atom. The third kappa shape index (κ3) is 15.5. The van der Waals surface area contributed by atoms with Crippen LogP contribution in [0.3, 0.4) is 0 Å². The van der Waals surface area contributed by atoms with E-state index in [1.807, 2.05) is 17.0 Å². The molecule has 4 heterocycles. The van der Waals surface area contributed by atoms with Gasteiger partial charge in [-0.2, -0.15) is 17.6 Å². The van der Waals surface area contributed by atoms with Crippen LogP contribution in [0.5, 0.6) is 11.5 Å². The molecule has 412 valence electrons. The number of hydrogen-bond donors (Lipinski definition) is 5. The SMILES string of the molecule is N[C@H](CN1CCCC1)[C@H](O)c1ccc(OC2CC2)c(Cl)c1.O=C(N[C@H](CN1CCCC1)[C@H](O)c1ccc(OC2CC2)c(Cl)c1)C(F)(F)c1ccc(-c2ccc(F)cc2)s1.O=C(O)C(F)(F)c1ccc(-c2ccc(F)cc2)s1. The highest BCUT2D eigenvalue weighted by atomic mass is 35.5. The average molecular weight is 1150 g/mol. The molecule has 2 saturated carbocycles. The predicted octanol–water partition coefficient (Wildman–Crippen LogP) is 12.2. The fourth-order valence-corrected chi connectivity index (χ4v) is 11.1. The van der Waals surface area contributed by atoms with Gasteiger partial charge < -0.3 is 45.6 Å². The minimum absolute atomic E-state index is 0.147. The minimum Gasteiger partial charge on any atom is -0.489 e. The molecule has 4 aliphatic rings. The molecule has 0 spiro atoms. The molecule has 0 bridgehead atoms. The third-order valence-corrected chi connectivity index (χ3v) is 16.3. The van der Waals surface area contributed by atoms with Gasteiger partial charge in [0.15, 0.2) is 0 Å². The summed E-state index contributed by atoms with van der Waals surface area (Å²) in [4.78, 5) is 27.7. The van der Waals surface area contributed by atoms with E-state index in [-0.39, 0.29) is 18.7 Å². The second-order valence-corrected chi connectivity index (χ2v) is 22.4. The number of carboxylic acid groups (broad SMARTS) is 1. The first-order chi connectivity index (χ1) is 36.7. The van der Waals surface area contributed by atoms with Crippen molar-refractivity contribution in [2.24, 2.45) is 5.73 Å². The van der Waals surface area contributed by atoms with Gasteiger partial charge in [0.2, 0.25) is 0 Å². The maximum atomic E-state index is 15.3. The zero-order chi connectivity index (χ0) is 55.0. The van der Waals surface area contributed by atoms with Crippen molar-refractivity contribution in [3.63, 3.8) is 0 Å². The molecule has 10 rings (SSSR count). The lowest BCUT2D eigenvalue weighted by Crippen LogP contribution is -2.50. The smallest absolute Gasteiger partial charge is 0.380 e. The quantitative estimate of drug-likeness (QED) is 0.0495. The molecule has 2 saturated heterocycles. The van der Waals surface area contributed by atoms with Gasteiger partial charge in [0.05, 0.1) is 44.2 Å². The van der Waals surface area contributed by atoms with Gasteiger partial charge >= 0.3 is 17.8 Å². The number of benzene rings is 4. The second-order valence-electron chi connectivity index (χ2n) is 19.5. The standard InChI is InChI=1S/C28H28ClF3N2O3S.C16H23ClN2O2.C12H7F3O2S/c29-21-15-18(5-10-23(21)37-20-8-9-20)26(35)22(16-34-13-1-2-14-34)33-27(36)28(31,32)25-12-11-24(38-25)17-3-6-19(30)7-4-17;17-13-9-11(3-6-15(13)21-12-4-5-12)16(20)14(18)10-19-7-1-2-8-19;13-8-3-1-7(2-4-8)9-5-6-10(18-9)12(14,15)11(16)17/h3-7,10-12,15,20,22,26,35H,1-2,8-9,13-14,16H2,(H,33,36);3,6,9,12,14,16,20H,1-2,4-5,7-8,10,18H2;1-6H,(H,16,17)/t22-,26-;14-,16-;/m11./s1. The number of halogens is 8. The number of aliphatic hydroxyl groups excluding tert-OH is 2. The summed E-state index contributed by atoms with van der Waals surface area (Å²) < 4.78 is 94.5. The Labute approximate surface area is 460 Å². The zero-order valence-electron chi connectivity index (χ0n) is 41.5. The van der Waals surface area contributed by atoms with Crippen LogP contribution in [0.1, 0.15) is 84.5 Å². The van der Waals surface area contributed by atoms with Crippen LogP contribution in [0.2, 0.25) is 10.0 Å². The first-order valence-corrected chi connectivity index (χ1v) is 27.6. The Morgan fingerprint density at radius 2 is 1.04 bits per heavy atom. The number of carbonyl (C=O) groups is 2. The summed E-state index contributed by atoms with van der Waals surface area (Å²) in [6.07, 6.45) is 7.01. The van der Waals surface area contributed by atoms with Gasteiger partial charge in [-0.05, 0) is 173 Å². The van der Waals surface area contributed by atoms with Gasteiger partial charge in [-0.3, -0.25) is 4.79 Å². The predicted molar refractivity (Wildman–Crippen MR) is 286 cm³/mol. The lowest BCUT2D eigenvalue weighted by atomic mass is 10.0. The third-order valence-electron chi connectivity index (χ3n) is 13.3. The molecule has 0 unspecified atom stereocenters. The molecule has 0 radical (unpaired) electrons. The molecule has 21 heteroatoms. The summed E-state index contributed by atoms with van der Waals surface area (Å²) in [7, 11) is 0. The van der Waals surface area contributed by atoms with Crippen molar-refractivity contribution in [1.82, 2.24) is 15.1 Å². The summed E-state index contributed by atoms with van der Waals surface area (Å²) in [5.74, 6) is -11.1. The Balaban J connectivity index is 0.000000169. The molecule has 4 aromatic carbocycles. The summed E-state index contributed by atoms with van der Waals surface area (Å²) in [5.41, 5.74) is 8.44. The van der Waals surface area contributed by atoms with Crippen LogP contribution >= 0.6 is 45.9 Å². The summed E-state index contributed by atoms with van der Waals surface area (Å²) in [6.45, 7) is 4.61. The highest BCUT2D eigenvalue weighted by Gasteiger charge is 2.45. The van der Waals surface area contributed by atoms with E-state index >= 15 is 8.78 Å². The van der Waals surface area contributed by atoms with Gasteiger partial charge in [0.25, 0.3) is 5.91 Å². The minimum atomic E-state index is -3.90. The van der Waals surface area contributed by atoms with Crippen LogP contribution in [0.15, 0.2) is 109 Å². The van der Waals surface area contributed by atoms with Crippen molar-refractivity contribution < 1.29 is 60.7 Å². The maximum absolute atomic E-state index is 15.3. The van der Waals surface area contributed by atoms with Gasteiger partial charge in [-0.15, -0.1) is 22.7 Å². The van der Waals surface area contributed by atoms with E-state index in [4.69, 9.17) is 43.5 Å². The Morgan fingerprint density at radius 1 is 0.623 bits per heavy atom. The van der Waals surface area contributed by atoms with Gasteiger partial charge in [0, 0.05) is 28.9 Å². The maximum Gasteiger partial charge on any atom is 0.380 e. The molecule has 2 aromatic heterocycles. The summed E-state index contributed by atoms with van der Waals surface area (Å²) in [5, 5.41) is 33.3. The molecule has 77 heavy (non-hydrogen) atoms. The number of ether oxygens (including phenoxy) is 2. The fourth-order valence-electron chi connectivity index (χ4n) is 8.66. The van der Waals surface area contributed by atoms with E-state index in [0.717, 1.165) is 94.2 Å². The number of alkyl halides is 4. The Kier molecular flexibility index (Phi) is 19.3. The number of hydrogen-bond acceptors (Lipinski definition) is 11. The molecular weight excluding hydrogens is 1090 g/mol. The second kappa shape index (κ2) is 25.7. The monoisotopic (exact) mass is 1150 g/mol. The van der Waals surface area contributed by atoms with Crippen LogP contribution in [-0.4, -0.2) is 101 Å². The van der Waals surface area contributed by atoms with Crippen molar-refractivity contribution in [1.29, 1.82) is 0 Å². The van der Waals surface area contributed by atoms with Crippen molar-refractivity contribution in [2.45, 2.75) is 99.7 Å². The summed E-state index contributed by atoms with van der Waals surface area (Å²) in [6, 6.07) is 25.0. The van der Waals surface area contributed by atoms with E-state index in [0.29, 0.717) is 65.4 Å². The number of rotatable bonds is 19. The normalized spacial score (nSPS) is 17.5. The number of aliphatic carboxylic acids is 1. The van der Waals surface area contributed by atoms with Gasteiger partial charge in [-0.25, -0.2) is 13.6 Å². The first-order valence-electron chi connectivity index (χ1n) is 25.3. The molecule has 4 atom stereocenters. The fraction of sp³-hybridized carbons (Fsp3) is 0.393. The van der Waals surface area contributed by atoms with Gasteiger partial charge in [0.1, 0.15) is 29.2 Å². The van der Waals surface area contributed by atoms with Crippen molar-refractivity contribution in [3.8, 4) is 32.4 Å². The van der Waals surface area contributed by atoms with E-state index < -0.39 is 63.4 Å². The molecule has 11 nitrogen and oxygen atoms in total. The van der Waals surface area contributed by atoms with E-state index in [1.165, 1.54) is 79.6 Å². The van der Waals surface area contributed by atoms with Crippen LogP contribution < -0.4 is 20.5 Å². The van der Waals surface area contributed by atoms with Crippen LogP contribution in [0.25, 0.3) is 20.9 Å². The number of aliphatic hydroxyl groups is 2. The lowest BCUT2D eigenvalue weighted by Gasteiger charge is -2.30. The number of nitrogens with one attached hydrogen (secondary N) is 1. The topological polar surface area (TPSA) is 158 Å². The molecule has 2 aliphatic heterocycles. The molecule has 6 aromatic rings. The van der Waals surface area contributed by atoms with Crippen molar-refractivity contribution in [3.05, 3.63) is 152 Å². The number of thiophene rings is 2. The molecule has 4 fully saturated rings. The zero-order valence-corrected chi connectivity index (χ0v) is 44.7. The number of carboxylic acids is 1. The Bertz CT molecular complexity index is 2930. The Hall–Kier alpha value is -5.22. The summed E-state index contributed by atoms with van der Waals surface area (Å²) >= 11 is 14.0. The molecule has 1 amide bonds. The number of carbonyl (C=O) groups excluding carboxylic acids is 1. The number of nitrogens with zero attached hydrogens (tertiary/aromatic N) is 2. The number of nitrogens with two attached hydrogens (primary N) is 1. The number of likely N-dealkylation sites (tertiary alicyclic amines) is 2. The van der Waals surface area contributed by atoms with E-state index in [1.54, 1.807) is 24.3 Å². The lowest BCUT2D eigenvalue weighted by molar-refractivity contribution is -0.165. The average Bonchev–Trinajstić information content (AvgIpc) is 4.00. The first kappa shape index (κ1) is 57.9. The van der Waals surface area contributed by atoms with E-state index in [2.05, 4.69) is 10.2 Å². The van der Waals surface area contributed by atoms with Crippen LogP contribution in [0.4, 0.5) is 26.3 Å². The highest BCUT2D eigenvalue weighted by molar-refractivity contribution is 7.16. The molecular formula is C56H58Cl2F6N4O7S2. The molecule has 6 N–H and O–H groups in total. The largest absolute Gasteiger partial charge is 0.489 e. The van der Waals surface area contributed by atoms with Crippen molar-refractivity contribution >= 4 is 57.8 Å². The van der Waals surface area contributed by atoms with Crippen LogP contribution in [0, 0.1) is 11.6 Å². The van der Waals surface area contributed by atoms with Crippen LogP contribution in [-0.2, 0) is 21.4 Å². The van der Waals surface area contributed by atoms with Gasteiger partial charge in [-0.1, -0.05) is 59.6 Å². The van der Waals surface area contributed by atoms with Crippen molar-refractivity contribution in [2.75, 3.05) is 39.3 Å². The van der Waals surface area contributed by atoms with E-state index in [9.17, 15) is 37.4 Å². The molecule has 2 aliphatic carbocycles. The number of amides is 1. The highest BCUT2D eigenvalue weighted by Crippen LogP contribution is 2.41.